The first kappa shape index (κ1) is 15.5. The Labute approximate surface area is 133 Å². The van der Waals surface area contributed by atoms with Gasteiger partial charge in [-0.3, -0.25) is 0 Å². The van der Waals surface area contributed by atoms with Crippen molar-refractivity contribution in [3.8, 4) is 5.75 Å². The minimum Gasteiger partial charge on any atom is -0.496 e. The average Bonchev–Trinajstić information content (AvgIpc) is 2.43. The molecule has 1 atom stereocenters. The fourth-order valence-corrected chi connectivity index (χ4v) is 2.82. The summed E-state index contributed by atoms with van der Waals surface area (Å²) >= 11 is 18.2. The topological polar surface area (TPSA) is 21.3 Å². The van der Waals surface area contributed by atoms with E-state index in [0.29, 0.717) is 20.8 Å². The van der Waals surface area contributed by atoms with E-state index in [4.69, 9.17) is 39.5 Å². The summed E-state index contributed by atoms with van der Waals surface area (Å²) in [5.41, 5.74) is 1.89. The Kier molecular flexibility index (Phi) is 5.17. The van der Waals surface area contributed by atoms with Gasteiger partial charge < -0.3 is 10.1 Å². The molecule has 0 saturated heterocycles. The maximum absolute atomic E-state index is 6.29. The van der Waals surface area contributed by atoms with Crippen LogP contribution in [0.25, 0.3) is 0 Å². The van der Waals surface area contributed by atoms with Gasteiger partial charge in [0, 0.05) is 20.6 Å². The third-order valence-electron chi connectivity index (χ3n) is 3.07. The Morgan fingerprint density at radius 2 is 1.55 bits per heavy atom. The lowest BCUT2D eigenvalue weighted by Gasteiger charge is -2.21. The molecule has 5 heteroatoms. The molecule has 0 spiro atoms. The summed E-state index contributed by atoms with van der Waals surface area (Å²) < 4.78 is 5.40. The van der Waals surface area contributed by atoms with Crippen molar-refractivity contribution < 1.29 is 4.74 Å². The Hall–Kier alpha value is -0.930. The molecule has 0 heterocycles. The van der Waals surface area contributed by atoms with Gasteiger partial charge in [0.1, 0.15) is 5.75 Å². The zero-order valence-corrected chi connectivity index (χ0v) is 13.4. The van der Waals surface area contributed by atoms with Gasteiger partial charge in [-0.25, -0.2) is 0 Å². The second kappa shape index (κ2) is 6.68. The minimum atomic E-state index is -0.105. The number of halogens is 3. The van der Waals surface area contributed by atoms with Crippen LogP contribution in [-0.2, 0) is 0 Å². The SMILES string of the molecule is CNC(c1ccc(Cl)cc1Cl)c1ccc(Cl)cc1OC. The molecule has 0 amide bonds. The third kappa shape index (κ3) is 3.21. The van der Waals surface area contributed by atoms with Gasteiger partial charge in [0.05, 0.1) is 13.2 Å². The van der Waals surface area contributed by atoms with Crippen molar-refractivity contribution in [3.05, 3.63) is 62.6 Å². The molecular formula is C15H14Cl3NO. The second-order valence-corrected chi connectivity index (χ2v) is 5.55. The van der Waals surface area contributed by atoms with Crippen LogP contribution in [0.2, 0.25) is 15.1 Å². The monoisotopic (exact) mass is 329 g/mol. The predicted molar refractivity (Wildman–Crippen MR) is 85.4 cm³/mol. The van der Waals surface area contributed by atoms with E-state index in [1.54, 1.807) is 19.2 Å². The molecule has 2 nitrogen and oxygen atoms in total. The summed E-state index contributed by atoms with van der Waals surface area (Å²) in [6, 6.07) is 10.9. The van der Waals surface area contributed by atoms with E-state index in [0.717, 1.165) is 11.1 Å². The van der Waals surface area contributed by atoms with Crippen molar-refractivity contribution in [1.82, 2.24) is 5.32 Å². The molecule has 0 aromatic heterocycles. The van der Waals surface area contributed by atoms with Crippen LogP contribution in [0.5, 0.6) is 5.75 Å². The first-order chi connectivity index (χ1) is 9.56. The number of nitrogens with one attached hydrogen (secondary N) is 1. The van der Waals surface area contributed by atoms with E-state index in [9.17, 15) is 0 Å². The van der Waals surface area contributed by atoms with Crippen LogP contribution in [0.15, 0.2) is 36.4 Å². The number of hydrogen-bond acceptors (Lipinski definition) is 2. The molecule has 0 radical (unpaired) electrons. The lowest BCUT2D eigenvalue weighted by Crippen LogP contribution is -2.18. The molecule has 20 heavy (non-hydrogen) atoms. The van der Waals surface area contributed by atoms with Crippen molar-refractivity contribution >= 4 is 34.8 Å². The molecule has 0 aliphatic carbocycles. The van der Waals surface area contributed by atoms with Crippen LogP contribution in [0, 0.1) is 0 Å². The summed E-state index contributed by atoms with van der Waals surface area (Å²) in [4.78, 5) is 0. The number of hydrogen-bond donors (Lipinski definition) is 1. The molecule has 2 aromatic rings. The molecule has 2 rings (SSSR count). The van der Waals surface area contributed by atoms with Gasteiger partial charge in [-0.1, -0.05) is 46.9 Å². The van der Waals surface area contributed by atoms with Gasteiger partial charge in [0.25, 0.3) is 0 Å². The first-order valence-electron chi connectivity index (χ1n) is 6.02. The van der Waals surface area contributed by atoms with Crippen molar-refractivity contribution in [2.45, 2.75) is 6.04 Å². The van der Waals surface area contributed by atoms with Crippen molar-refractivity contribution in [2.75, 3.05) is 14.2 Å². The summed E-state index contributed by atoms with van der Waals surface area (Å²) in [5, 5.41) is 5.08. The molecule has 1 unspecified atom stereocenters. The van der Waals surface area contributed by atoms with Crippen LogP contribution >= 0.6 is 34.8 Å². The van der Waals surface area contributed by atoms with Gasteiger partial charge in [0.2, 0.25) is 0 Å². The number of benzene rings is 2. The van der Waals surface area contributed by atoms with Crippen LogP contribution < -0.4 is 10.1 Å². The van der Waals surface area contributed by atoms with E-state index < -0.39 is 0 Å². The molecule has 0 aliphatic rings. The highest BCUT2D eigenvalue weighted by molar-refractivity contribution is 6.35. The van der Waals surface area contributed by atoms with Crippen molar-refractivity contribution in [1.29, 1.82) is 0 Å². The standard InChI is InChI=1S/C15H14Cl3NO/c1-19-15(11-5-3-9(16)7-13(11)18)12-6-4-10(17)8-14(12)20-2/h3-8,15,19H,1-2H3. The van der Waals surface area contributed by atoms with Crippen molar-refractivity contribution in [3.63, 3.8) is 0 Å². The summed E-state index contributed by atoms with van der Waals surface area (Å²) in [5.74, 6) is 0.711. The molecule has 0 fully saturated rings. The van der Waals surface area contributed by atoms with E-state index in [1.807, 2.05) is 31.3 Å². The van der Waals surface area contributed by atoms with Gasteiger partial charge in [-0.05, 0) is 36.9 Å². The Morgan fingerprint density at radius 1 is 0.950 bits per heavy atom. The molecule has 0 aliphatic heterocycles. The third-order valence-corrected chi connectivity index (χ3v) is 3.87. The van der Waals surface area contributed by atoms with Gasteiger partial charge in [0.15, 0.2) is 0 Å². The van der Waals surface area contributed by atoms with Crippen LogP contribution in [0.1, 0.15) is 17.2 Å². The van der Waals surface area contributed by atoms with E-state index in [2.05, 4.69) is 5.32 Å². The molecular weight excluding hydrogens is 317 g/mol. The Morgan fingerprint density at radius 3 is 2.10 bits per heavy atom. The average molecular weight is 331 g/mol. The molecule has 0 saturated carbocycles. The largest absolute Gasteiger partial charge is 0.496 e. The maximum atomic E-state index is 6.29. The summed E-state index contributed by atoms with van der Waals surface area (Å²) in [7, 11) is 3.48. The predicted octanol–water partition coefficient (Wildman–Crippen LogP) is 4.96. The first-order valence-corrected chi connectivity index (χ1v) is 7.16. The molecule has 106 valence electrons. The minimum absolute atomic E-state index is 0.105. The summed E-state index contributed by atoms with van der Waals surface area (Å²) in [6.45, 7) is 0. The molecule has 1 N–H and O–H groups in total. The Bertz CT molecular complexity index is 616. The quantitative estimate of drug-likeness (QED) is 0.855. The normalized spacial score (nSPS) is 12.2. The highest BCUT2D eigenvalue weighted by Crippen LogP contribution is 2.35. The molecule has 0 bridgehead atoms. The highest BCUT2D eigenvalue weighted by atomic mass is 35.5. The smallest absolute Gasteiger partial charge is 0.125 e. The fourth-order valence-electron chi connectivity index (χ4n) is 2.14. The zero-order chi connectivity index (χ0) is 14.7. The van der Waals surface area contributed by atoms with Crippen LogP contribution in [0.3, 0.4) is 0 Å². The van der Waals surface area contributed by atoms with E-state index in [1.165, 1.54) is 0 Å². The van der Waals surface area contributed by atoms with E-state index in [-0.39, 0.29) is 6.04 Å². The number of methoxy groups -OCH3 is 1. The zero-order valence-electron chi connectivity index (χ0n) is 11.1. The van der Waals surface area contributed by atoms with Gasteiger partial charge in [-0.15, -0.1) is 0 Å². The van der Waals surface area contributed by atoms with Gasteiger partial charge in [-0.2, -0.15) is 0 Å². The lowest BCUT2D eigenvalue weighted by molar-refractivity contribution is 0.405. The maximum Gasteiger partial charge on any atom is 0.125 e. The fraction of sp³-hybridized carbons (Fsp3) is 0.200. The van der Waals surface area contributed by atoms with Gasteiger partial charge >= 0.3 is 0 Å². The van der Waals surface area contributed by atoms with E-state index >= 15 is 0 Å². The lowest BCUT2D eigenvalue weighted by atomic mass is 9.98. The van der Waals surface area contributed by atoms with Crippen LogP contribution in [-0.4, -0.2) is 14.2 Å². The summed E-state index contributed by atoms with van der Waals surface area (Å²) in [6.07, 6.45) is 0. The molecule has 2 aromatic carbocycles. The number of ether oxygens (including phenoxy) is 1. The number of rotatable bonds is 4. The van der Waals surface area contributed by atoms with Crippen LogP contribution in [0.4, 0.5) is 0 Å². The second-order valence-electron chi connectivity index (χ2n) is 4.27. The van der Waals surface area contributed by atoms with Crippen molar-refractivity contribution in [2.24, 2.45) is 0 Å². The Balaban J connectivity index is 2.52. The highest BCUT2D eigenvalue weighted by Gasteiger charge is 2.19.